The third kappa shape index (κ3) is 3.39. The Bertz CT molecular complexity index is 422. The van der Waals surface area contributed by atoms with Crippen LogP contribution in [0.1, 0.15) is 36.7 Å². The molecule has 0 unspecified atom stereocenters. The minimum Gasteiger partial charge on any atom is -0.496 e. The van der Waals surface area contributed by atoms with Crippen molar-refractivity contribution in [2.24, 2.45) is 0 Å². The number of carbonyl (C=O) groups excluding carboxylic acids is 1. The van der Waals surface area contributed by atoms with Crippen LogP contribution in [0.25, 0.3) is 0 Å². The fourth-order valence-electron chi connectivity index (χ4n) is 1.63. The Hall–Kier alpha value is -1.71. The second-order valence-corrected chi connectivity index (χ2v) is 5.21. The van der Waals surface area contributed by atoms with E-state index in [1.807, 2.05) is 27.7 Å². The van der Waals surface area contributed by atoms with E-state index in [4.69, 9.17) is 9.47 Å². The SMILES string of the molecule is COc1cc(C(=O)NC(C)(C)C)cc(OC)c1C. The van der Waals surface area contributed by atoms with Crippen molar-refractivity contribution in [2.75, 3.05) is 14.2 Å². The molecule has 0 spiro atoms. The lowest BCUT2D eigenvalue weighted by molar-refractivity contribution is 0.0919. The van der Waals surface area contributed by atoms with Crippen LogP contribution in [-0.2, 0) is 0 Å². The summed E-state index contributed by atoms with van der Waals surface area (Å²) in [5.74, 6) is 1.15. The highest BCUT2D eigenvalue weighted by atomic mass is 16.5. The quantitative estimate of drug-likeness (QED) is 0.898. The van der Waals surface area contributed by atoms with Gasteiger partial charge in [-0.15, -0.1) is 0 Å². The molecular formula is C14H21NO3. The molecule has 0 atom stereocenters. The Kier molecular flexibility index (Phi) is 4.22. The highest BCUT2D eigenvalue weighted by Crippen LogP contribution is 2.29. The molecule has 0 heterocycles. The molecule has 0 saturated carbocycles. The summed E-state index contributed by atoms with van der Waals surface area (Å²) >= 11 is 0. The van der Waals surface area contributed by atoms with Gasteiger partial charge in [0.1, 0.15) is 11.5 Å². The van der Waals surface area contributed by atoms with Crippen LogP contribution in [0.15, 0.2) is 12.1 Å². The van der Waals surface area contributed by atoms with Crippen molar-refractivity contribution >= 4 is 5.91 Å². The van der Waals surface area contributed by atoms with E-state index < -0.39 is 0 Å². The summed E-state index contributed by atoms with van der Waals surface area (Å²) in [5, 5.41) is 2.91. The number of benzene rings is 1. The van der Waals surface area contributed by atoms with Crippen LogP contribution < -0.4 is 14.8 Å². The molecular weight excluding hydrogens is 230 g/mol. The van der Waals surface area contributed by atoms with Crippen LogP contribution in [0.2, 0.25) is 0 Å². The van der Waals surface area contributed by atoms with Crippen molar-refractivity contribution in [3.8, 4) is 11.5 Å². The molecule has 1 amide bonds. The summed E-state index contributed by atoms with van der Waals surface area (Å²) in [5.41, 5.74) is 1.14. The Morgan fingerprint density at radius 3 is 1.89 bits per heavy atom. The smallest absolute Gasteiger partial charge is 0.251 e. The van der Waals surface area contributed by atoms with Crippen molar-refractivity contribution in [1.29, 1.82) is 0 Å². The Labute approximate surface area is 108 Å². The van der Waals surface area contributed by atoms with Crippen molar-refractivity contribution in [3.63, 3.8) is 0 Å². The van der Waals surface area contributed by atoms with Crippen LogP contribution in [0.4, 0.5) is 0 Å². The number of ether oxygens (including phenoxy) is 2. The summed E-state index contributed by atoms with van der Waals surface area (Å²) in [4.78, 5) is 12.1. The fourth-order valence-corrected chi connectivity index (χ4v) is 1.63. The highest BCUT2D eigenvalue weighted by molar-refractivity contribution is 5.95. The fraction of sp³-hybridized carbons (Fsp3) is 0.500. The first kappa shape index (κ1) is 14.4. The number of amides is 1. The number of nitrogens with one attached hydrogen (secondary N) is 1. The molecule has 0 aliphatic heterocycles. The lowest BCUT2D eigenvalue weighted by Gasteiger charge is -2.21. The van der Waals surface area contributed by atoms with Crippen molar-refractivity contribution in [2.45, 2.75) is 33.2 Å². The zero-order chi connectivity index (χ0) is 13.9. The summed E-state index contributed by atoms with van der Waals surface area (Å²) < 4.78 is 10.5. The Morgan fingerprint density at radius 1 is 1.11 bits per heavy atom. The summed E-state index contributed by atoms with van der Waals surface area (Å²) in [6, 6.07) is 3.44. The molecule has 4 heteroatoms. The molecule has 1 aromatic rings. The molecule has 4 nitrogen and oxygen atoms in total. The third-order valence-electron chi connectivity index (χ3n) is 2.50. The first-order valence-corrected chi connectivity index (χ1v) is 5.83. The number of methoxy groups -OCH3 is 2. The third-order valence-corrected chi connectivity index (χ3v) is 2.50. The molecule has 0 bridgehead atoms. The Balaban J connectivity index is 3.14. The second kappa shape index (κ2) is 5.29. The van der Waals surface area contributed by atoms with Crippen LogP contribution >= 0.6 is 0 Å². The molecule has 1 rings (SSSR count). The summed E-state index contributed by atoms with van der Waals surface area (Å²) in [6.07, 6.45) is 0. The lowest BCUT2D eigenvalue weighted by Crippen LogP contribution is -2.40. The molecule has 0 aromatic heterocycles. The van der Waals surface area contributed by atoms with Crippen molar-refractivity contribution in [1.82, 2.24) is 5.32 Å². The molecule has 0 fully saturated rings. The Morgan fingerprint density at radius 2 is 1.56 bits per heavy atom. The molecule has 18 heavy (non-hydrogen) atoms. The molecule has 1 aromatic carbocycles. The molecule has 0 aliphatic carbocycles. The minimum atomic E-state index is -0.275. The van der Waals surface area contributed by atoms with E-state index in [0.29, 0.717) is 17.1 Å². The number of hydrogen-bond donors (Lipinski definition) is 1. The standard InChI is InChI=1S/C14H21NO3/c1-9-11(17-5)7-10(8-12(9)18-6)13(16)15-14(2,3)4/h7-8H,1-6H3,(H,15,16). The maximum absolute atomic E-state index is 12.1. The van der Waals surface area contributed by atoms with E-state index in [9.17, 15) is 4.79 Å². The van der Waals surface area contributed by atoms with Gasteiger partial charge in [0.15, 0.2) is 0 Å². The normalized spacial score (nSPS) is 11.0. The first-order valence-electron chi connectivity index (χ1n) is 5.83. The average Bonchev–Trinajstić information content (AvgIpc) is 2.27. The molecule has 1 N–H and O–H groups in total. The van der Waals surface area contributed by atoms with Gasteiger partial charge >= 0.3 is 0 Å². The number of carbonyl (C=O) groups is 1. The molecule has 0 radical (unpaired) electrons. The van der Waals surface area contributed by atoms with Gasteiger partial charge in [0.25, 0.3) is 5.91 Å². The van der Waals surface area contributed by atoms with Gasteiger partial charge in [0, 0.05) is 16.7 Å². The molecule has 0 aliphatic rings. The zero-order valence-corrected chi connectivity index (χ0v) is 11.9. The predicted molar refractivity (Wildman–Crippen MR) is 71.5 cm³/mol. The lowest BCUT2D eigenvalue weighted by atomic mass is 10.1. The van der Waals surface area contributed by atoms with Gasteiger partial charge in [-0.2, -0.15) is 0 Å². The first-order chi connectivity index (χ1) is 8.28. The van der Waals surface area contributed by atoms with Crippen molar-refractivity contribution < 1.29 is 14.3 Å². The zero-order valence-electron chi connectivity index (χ0n) is 11.9. The van der Waals surface area contributed by atoms with Gasteiger partial charge in [-0.05, 0) is 39.8 Å². The maximum Gasteiger partial charge on any atom is 0.251 e. The van der Waals surface area contributed by atoms with Crippen molar-refractivity contribution in [3.05, 3.63) is 23.3 Å². The van der Waals surface area contributed by atoms with Gasteiger partial charge in [-0.3, -0.25) is 4.79 Å². The van der Waals surface area contributed by atoms with Gasteiger partial charge in [-0.25, -0.2) is 0 Å². The van der Waals surface area contributed by atoms with E-state index in [1.54, 1.807) is 26.4 Å². The van der Waals surface area contributed by atoms with Crippen LogP contribution in [0, 0.1) is 6.92 Å². The number of hydrogen-bond acceptors (Lipinski definition) is 3. The molecule has 0 saturated heterocycles. The second-order valence-electron chi connectivity index (χ2n) is 5.21. The van der Waals surface area contributed by atoms with Gasteiger partial charge in [-0.1, -0.05) is 0 Å². The van der Waals surface area contributed by atoms with E-state index in [2.05, 4.69) is 5.32 Å². The van der Waals surface area contributed by atoms with Gasteiger partial charge in [0.2, 0.25) is 0 Å². The maximum atomic E-state index is 12.1. The van der Waals surface area contributed by atoms with Gasteiger partial charge < -0.3 is 14.8 Å². The topological polar surface area (TPSA) is 47.6 Å². The summed E-state index contributed by atoms with van der Waals surface area (Å²) in [7, 11) is 3.15. The molecule has 100 valence electrons. The van der Waals surface area contributed by atoms with E-state index >= 15 is 0 Å². The summed E-state index contributed by atoms with van der Waals surface area (Å²) in [6.45, 7) is 7.71. The predicted octanol–water partition coefficient (Wildman–Crippen LogP) is 2.54. The van der Waals surface area contributed by atoms with E-state index in [0.717, 1.165) is 5.56 Å². The highest BCUT2D eigenvalue weighted by Gasteiger charge is 2.18. The monoisotopic (exact) mass is 251 g/mol. The van der Waals surface area contributed by atoms with Crippen LogP contribution in [-0.4, -0.2) is 25.7 Å². The largest absolute Gasteiger partial charge is 0.496 e. The average molecular weight is 251 g/mol. The van der Waals surface area contributed by atoms with E-state index in [-0.39, 0.29) is 11.4 Å². The minimum absolute atomic E-state index is 0.140. The van der Waals surface area contributed by atoms with Crippen LogP contribution in [0.5, 0.6) is 11.5 Å². The van der Waals surface area contributed by atoms with E-state index in [1.165, 1.54) is 0 Å². The van der Waals surface area contributed by atoms with Crippen LogP contribution in [0.3, 0.4) is 0 Å². The van der Waals surface area contributed by atoms with Gasteiger partial charge in [0.05, 0.1) is 14.2 Å². The number of rotatable bonds is 3.